The van der Waals surface area contributed by atoms with Crippen molar-refractivity contribution in [3.63, 3.8) is 0 Å². The number of aliphatic carboxylic acids is 1. The Labute approximate surface area is 183 Å². The first-order chi connectivity index (χ1) is 14.5. The monoisotopic (exact) mass is 465 g/mol. The SMILES string of the molecule is CC(C)c1ccc(S(=O)(=O)c2ccccc2)cc1S(=O)(=O)NC1CCC(C(=O)O)CC1. The zero-order valence-electron chi connectivity index (χ0n) is 17.5. The Hall–Kier alpha value is -2.23. The number of benzene rings is 2. The molecule has 1 aliphatic rings. The Morgan fingerprint density at radius 1 is 0.935 bits per heavy atom. The maximum absolute atomic E-state index is 13.2. The first-order valence-electron chi connectivity index (χ1n) is 10.2. The zero-order chi connectivity index (χ0) is 22.8. The number of carbonyl (C=O) groups is 1. The molecule has 2 aromatic carbocycles. The highest BCUT2D eigenvalue weighted by molar-refractivity contribution is 7.91. The second kappa shape index (κ2) is 9.10. The lowest BCUT2D eigenvalue weighted by molar-refractivity contribution is -0.142. The normalized spacial score (nSPS) is 20.0. The summed E-state index contributed by atoms with van der Waals surface area (Å²) in [5, 5.41) is 9.14. The zero-order valence-corrected chi connectivity index (χ0v) is 19.1. The Bertz CT molecular complexity index is 1150. The van der Waals surface area contributed by atoms with Crippen molar-refractivity contribution in [2.24, 2.45) is 5.92 Å². The van der Waals surface area contributed by atoms with Crippen LogP contribution in [0.3, 0.4) is 0 Å². The fraction of sp³-hybridized carbons (Fsp3) is 0.409. The molecule has 1 fully saturated rings. The second-order valence-electron chi connectivity index (χ2n) is 8.18. The van der Waals surface area contributed by atoms with Crippen LogP contribution in [-0.4, -0.2) is 34.0 Å². The van der Waals surface area contributed by atoms with Gasteiger partial charge in [-0.05, 0) is 61.4 Å². The van der Waals surface area contributed by atoms with Gasteiger partial charge in [-0.25, -0.2) is 21.6 Å². The van der Waals surface area contributed by atoms with Crippen LogP contribution in [-0.2, 0) is 24.7 Å². The molecule has 0 spiro atoms. The predicted octanol–water partition coefficient (Wildman–Crippen LogP) is 3.56. The Balaban J connectivity index is 1.95. The molecular weight excluding hydrogens is 438 g/mol. The Kier molecular flexibility index (Phi) is 6.88. The summed E-state index contributed by atoms with van der Waals surface area (Å²) in [5.41, 5.74) is 0.527. The number of hydrogen-bond donors (Lipinski definition) is 2. The number of nitrogens with one attached hydrogen (secondary N) is 1. The van der Waals surface area contributed by atoms with E-state index in [0.29, 0.717) is 31.2 Å². The summed E-state index contributed by atoms with van der Waals surface area (Å²) < 4.78 is 55.2. The molecule has 0 amide bonds. The number of rotatable bonds is 7. The highest BCUT2D eigenvalue weighted by atomic mass is 32.2. The number of sulfonamides is 1. The number of carboxylic acids is 1. The summed E-state index contributed by atoms with van der Waals surface area (Å²) in [6.07, 6.45) is 1.66. The van der Waals surface area contributed by atoms with Crippen LogP contribution in [0.15, 0.2) is 63.2 Å². The van der Waals surface area contributed by atoms with Gasteiger partial charge in [0.2, 0.25) is 19.9 Å². The highest BCUT2D eigenvalue weighted by Gasteiger charge is 2.31. The lowest BCUT2D eigenvalue weighted by Gasteiger charge is -2.27. The summed E-state index contributed by atoms with van der Waals surface area (Å²) in [7, 11) is -7.87. The van der Waals surface area contributed by atoms with Crippen molar-refractivity contribution in [3.05, 3.63) is 54.1 Å². The smallest absolute Gasteiger partial charge is 0.306 e. The third kappa shape index (κ3) is 5.16. The second-order valence-corrected chi connectivity index (χ2v) is 11.8. The van der Waals surface area contributed by atoms with Gasteiger partial charge in [-0.2, -0.15) is 0 Å². The molecule has 0 saturated heterocycles. The maximum Gasteiger partial charge on any atom is 0.306 e. The van der Waals surface area contributed by atoms with Crippen molar-refractivity contribution in [1.29, 1.82) is 0 Å². The molecule has 0 bridgehead atoms. The molecule has 168 valence electrons. The average Bonchev–Trinajstić information content (AvgIpc) is 2.74. The van der Waals surface area contributed by atoms with E-state index in [2.05, 4.69) is 4.72 Å². The van der Waals surface area contributed by atoms with Gasteiger partial charge in [-0.3, -0.25) is 4.79 Å². The molecule has 0 unspecified atom stereocenters. The van der Waals surface area contributed by atoms with E-state index in [1.54, 1.807) is 24.3 Å². The third-order valence-corrected chi connectivity index (χ3v) is 9.00. The van der Waals surface area contributed by atoms with Gasteiger partial charge < -0.3 is 5.11 Å². The Morgan fingerprint density at radius 3 is 2.10 bits per heavy atom. The van der Waals surface area contributed by atoms with Gasteiger partial charge in [-0.15, -0.1) is 0 Å². The topological polar surface area (TPSA) is 118 Å². The van der Waals surface area contributed by atoms with Crippen LogP contribution in [0.4, 0.5) is 0 Å². The van der Waals surface area contributed by atoms with E-state index in [1.165, 1.54) is 24.3 Å². The van der Waals surface area contributed by atoms with Crippen LogP contribution in [0.5, 0.6) is 0 Å². The van der Waals surface area contributed by atoms with Gasteiger partial charge in [-0.1, -0.05) is 38.1 Å². The van der Waals surface area contributed by atoms with E-state index in [9.17, 15) is 21.6 Å². The van der Waals surface area contributed by atoms with E-state index < -0.39 is 31.7 Å². The van der Waals surface area contributed by atoms with Crippen molar-refractivity contribution < 1.29 is 26.7 Å². The molecule has 1 saturated carbocycles. The lowest BCUT2D eigenvalue weighted by atomic mass is 9.87. The standard InChI is InChI=1S/C22H27NO6S2/c1-15(2)20-13-12-19(30(26,27)18-6-4-3-5-7-18)14-21(20)31(28,29)23-17-10-8-16(9-11-17)22(24)25/h3-7,12-17,23H,8-11H2,1-2H3,(H,24,25). The van der Waals surface area contributed by atoms with Gasteiger partial charge in [0, 0.05) is 6.04 Å². The minimum atomic E-state index is -4.00. The van der Waals surface area contributed by atoms with Gasteiger partial charge in [0.25, 0.3) is 0 Å². The van der Waals surface area contributed by atoms with Crippen LogP contribution in [0, 0.1) is 5.92 Å². The minimum absolute atomic E-state index is 0.0557. The number of hydrogen-bond acceptors (Lipinski definition) is 5. The molecule has 2 aromatic rings. The fourth-order valence-corrected chi connectivity index (χ4v) is 6.95. The van der Waals surface area contributed by atoms with E-state index in [4.69, 9.17) is 5.11 Å². The fourth-order valence-electron chi connectivity index (χ4n) is 3.87. The first kappa shape index (κ1) is 23.4. The van der Waals surface area contributed by atoms with Crippen molar-refractivity contribution in [2.45, 2.75) is 66.2 Å². The van der Waals surface area contributed by atoms with Crippen molar-refractivity contribution >= 4 is 25.8 Å². The molecule has 0 radical (unpaired) electrons. The molecular formula is C22H27NO6S2. The quantitative estimate of drug-likeness (QED) is 0.646. The molecule has 0 aromatic heterocycles. The summed E-state index contributed by atoms with van der Waals surface area (Å²) in [5.74, 6) is -1.45. The lowest BCUT2D eigenvalue weighted by Crippen LogP contribution is -2.39. The average molecular weight is 466 g/mol. The van der Waals surface area contributed by atoms with Crippen LogP contribution < -0.4 is 4.72 Å². The summed E-state index contributed by atoms with van der Waals surface area (Å²) >= 11 is 0. The molecule has 9 heteroatoms. The van der Waals surface area contributed by atoms with Crippen LogP contribution in [0.25, 0.3) is 0 Å². The molecule has 3 rings (SSSR count). The largest absolute Gasteiger partial charge is 0.481 e. The van der Waals surface area contributed by atoms with E-state index in [-0.39, 0.29) is 26.6 Å². The molecule has 2 N–H and O–H groups in total. The summed E-state index contributed by atoms with van der Waals surface area (Å²) in [6.45, 7) is 3.69. The van der Waals surface area contributed by atoms with Gasteiger partial charge >= 0.3 is 5.97 Å². The van der Waals surface area contributed by atoms with E-state index in [0.717, 1.165) is 0 Å². The van der Waals surface area contributed by atoms with Gasteiger partial charge in [0.05, 0.1) is 20.6 Å². The van der Waals surface area contributed by atoms with E-state index >= 15 is 0 Å². The van der Waals surface area contributed by atoms with Gasteiger partial charge in [0.1, 0.15) is 0 Å². The first-order valence-corrected chi connectivity index (χ1v) is 13.2. The molecule has 0 aliphatic heterocycles. The van der Waals surface area contributed by atoms with E-state index in [1.807, 2.05) is 13.8 Å². The Morgan fingerprint density at radius 2 is 1.55 bits per heavy atom. The van der Waals surface area contributed by atoms with Crippen molar-refractivity contribution in [1.82, 2.24) is 4.72 Å². The summed E-state index contributed by atoms with van der Waals surface area (Å²) in [4.78, 5) is 11.1. The van der Waals surface area contributed by atoms with Crippen LogP contribution in [0.1, 0.15) is 51.0 Å². The predicted molar refractivity (Wildman–Crippen MR) is 116 cm³/mol. The third-order valence-electron chi connectivity index (χ3n) is 5.66. The number of sulfone groups is 1. The molecule has 7 nitrogen and oxygen atoms in total. The van der Waals surface area contributed by atoms with Crippen LogP contribution >= 0.6 is 0 Å². The molecule has 31 heavy (non-hydrogen) atoms. The van der Waals surface area contributed by atoms with Crippen molar-refractivity contribution in [2.75, 3.05) is 0 Å². The minimum Gasteiger partial charge on any atom is -0.481 e. The maximum atomic E-state index is 13.2. The molecule has 0 heterocycles. The summed E-state index contributed by atoms with van der Waals surface area (Å²) in [6, 6.07) is 11.7. The highest BCUT2D eigenvalue weighted by Crippen LogP contribution is 2.31. The molecule has 1 aliphatic carbocycles. The number of carboxylic acid groups (broad SMARTS) is 1. The molecule has 0 atom stereocenters. The van der Waals surface area contributed by atoms with Crippen molar-refractivity contribution in [3.8, 4) is 0 Å². The van der Waals surface area contributed by atoms with Crippen LogP contribution in [0.2, 0.25) is 0 Å². The van der Waals surface area contributed by atoms with Gasteiger partial charge in [0.15, 0.2) is 0 Å².